The van der Waals surface area contributed by atoms with Gasteiger partial charge in [0.25, 0.3) is 0 Å². The third-order valence-electron chi connectivity index (χ3n) is 4.21. The normalized spacial score (nSPS) is 29.5. The second-order valence-electron chi connectivity index (χ2n) is 5.56. The van der Waals surface area contributed by atoms with E-state index in [4.69, 9.17) is 10.5 Å². The van der Waals surface area contributed by atoms with Gasteiger partial charge in [-0.1, -0.05) is 19.8 Å². The number of nitrogens with zero attached hydrogens (tertiary/aromatic N) is 1. The maximum Gasteiger partial charge on any atom is 0.0743 e. The Hall–Kier alpha value is -0.120. The molecular weight excluding hydrogens is 212 g/mol. The number of rotatable bonds is 7. The number of ether oxygens (including phenoxy) is 1. The zero-order chi connectivity index (χ0) is 12.9. The van der Waals surface area contributed by atoms with Crippen molar-refractivity contribution in [3.8, 4) is 0 Å². The topological polar surface area (TPSA) is 38.5 Å². The van der Waals surface area contributed by atoms with Crippen LogP contribution in [-0.4, -0.2) is 42.3 Å². The highest BCUT2D eigenvalue weighted by Gasteiger charge is 2.45. The predicted molar refractivity (Wildman–Crippen MR) is 73.2 cm³/mol. The van der Waals surface area contributed by atoms with Crippen molar-refractivity contribution in [2.75, 3.05) is 19.7 Å². The summed E-state index contributed by atoms with van der Waals surface area (Å²) in [6, 6.07) is 0.541. The van der Waals surface area contributed by atoms with E-state index in [-0.39, 0.29) is 11.6 Å². The minimum atomic E-state index is 0.0713. The Balaban J connectivity index is 2.72. The van der Waals surface area contributed by atoms with E-state index in [9.17, 15) is 0 Å². The van der Waals surface area contributed by atoms with Crippen molar-refractivity contribution in [1.29, 1.82) is 0 Å². The lowest BCUT2D eigenvalue weighted by molar-refractivity contribution is -0.00371. The van der Waals surface area contributed by atoms with Crippen LogP contribution in [-0.2, 0) is 4.74 Å². The highest BCUT2D eigenvalue weighted by atomic mass is 16.5. The van der Waals surface area contributed by atoms with E-state index >= 15 is 0 Å². The van der Waals surface area contributed by atoms with Crippen LogP contribution in [0.5, 0.6) is 0 Å². The quantitative estimate of drug-likeness (QED) is 0.697. The lowest BCUT2D eigenvalue weighted by Crippen LogP contribution is -2.60. The molecule has 1 fully saturated rings. The first kappa shape index (κ1) is 14.9. The fraction of sp³-hybridized carbons (Fsp3) is 1.00. The lowest BCUT2D eigenvalue weighted by atomic mass is 9.88. The van der Waals surface area contributed by atoms with Crippen LogP contribution in [0.2, 0.25) is 0 Å². The zero-order valence-electron chi connectivity index (χ0n) is 12.0. The average molecular weight is 242 g/mol. The van der Waals surface area contributed by atoms with Gasteiger partial charge in [-0.15, -0.1) is 0 Å². The second kappa shape index (κ2) is 6.72. The smallest absolute Gasteiger partial charge is 0.0743 e. The summed E-state index contributed by atoms with van der Waals surface area (Å²) < 4.78 is 5.78. The first-order valence-corrected chi connectivity index (χ1v) is 7.17. The van der Waals surface area contributed by atoms with E-state index in [1.807, 2.05) is 0 Å². The highest BCUT2D eigenvalue weighted by molar-refractivity contribution is 5.01. The number of hydrogen-bond donors (Lipinski definition) is 1. The molecule has 0 aromatic carbocycles. The molecule has 1 aliphatic heterocycles. The van der Waals surface area contributed by atoms with Gasteiger partial charge in [-0.3, -0.25) is 4.90 Å². The van der Waals surface area contributed by atoms with Gasteiger partial charge >= 0.3 is 0 Å². The summed E-state index contributed by atoms with van der Waals surface area (Å²) in [5, 5.41) is 0. The van der Waals surface area contributed by atoms with Gasteiger partial charge in [0.15, 0.2) is 0 Å². The molecule has 2 atom stereocenters. The molecule has 0 aromatic heterocycles. The molecule has 0 aliphatic carbocycles. The summed E-state index contributed by atoms with van der Waals surface area (Å²) in [5.41, 5.74) is 6.15. The van der Waals surface area contributed by atoms with Gasteiger partial charge in [-0.25, -0.2) is 0 Å². The highest BCUT2D eigenvalue weighted by Crippen LogP contribution is 2.33. The first-order chi connectivity index (χ1) is 8.08. The fourth-order valence-electron chi connectivity index (χ4n) is 3.06. The summed E-state index contributed by atoms with van der Waals surface area (Å²) in [4.78, 5) is 2.58. The van der Waals surface area contributed by atoms with E-state index < -0.39 is 0 Å². The van der Waals surface area contributed by atoms with E-state index in [0.29, 0.717) is 12.6 Å². The minimum Gasteiger partial charge on any atom is -0.376 e. The van der Waals surface area contributed by atoms with E-state index in [2.05, 4.69) is 32.6 Å². The molecule has 1 aliphatic rings. The van der Waals surface area contributed by atoms with Crippen LogP contribution in [0.4, 0.5) is 0 Å². The summed E-state index contributed by atoms with van der Waals surface area (Å²) >= 11 is 0. The lowest BCUT2D eigenvalue weighted by Gasteiger charge is -2.45. The Kier molecular flexibility index (Phi) is 5.90. The van der Waals surface area contributed by atoms with E-state index in [1.165, 1.54) is 19.3 Å². The SMILES string of the molecule is CCCCCN(C(C)C)C1(CN)CCOC1C. The van der Waals surface area contributed by atoms with Gasteiger partial charge in [0.1, 0.15) is 0 Å². The van der Waals surface area contributed by atoms with Crippen LogP contribution < -0.4 is 5.73 Å². The molecule has 1 saturated heterocycles. The van der Waals surface area contributed by atoms with Crippen LogP contribution in [0.15, 0.2) is 0 Å². The monoisotopic (exact) mass is 242 g/mol. The van der Waals surface area contributed by atoms with Gasteiger partial charge in [0.05, 0.1) is 11.6 Å². The molecular formula is C14H30N2O. The van der Waals surface area contributed by atoms with Crippen molar-refractivity contribution in [3.05, 3.63) is 0 Å². The number of hydrogen-bond acceptors (Lipinski definition) is 3. The molecule has 0 bridgehead atoms. The summed E-state index contributed by atoms with van der Waals surface area (Å²) in [6.07, 6.45) is 5.18. The van der Waals surface area contributed by atoms with Crippen molar-refractivity contribution in [3.63, 3.8) is 0 Å². The Bertz CT molecular complexity index is 220. The summed E-state index contributed by atoms with van der Waals surface area (Å²) in [5.74, 6) is 0. The molecule has 3 heteroatoms. The maximum atomic E-state index is 6.08. The third-order valence-corrected chi connectivity index (χ3v) is 4.21. The van der Waals surface area contributed by atoms with Crippen LogP contribution in [0.3, 0.4) is 0 Å². The number of unbranched alkanes of at least 4 members (excludes halogenated alkanes) is 2. The van der Waals surface area contributed by atoms with Crippen molar-refractivity contribution < 1.29 is 4.74 Å². The van der Waals surface area contributed by atoms with Crippen molar-refractivity contribution in [1.82, 2.24) is 4.90 Å². The van der Waals surface area contributed by atoms with Crippen LogP contribution in [0, 0.1) is 0 Å². The molecule has 1 rings (SSSR count). The van der Waals surface area contributed by atoms with Gasteiger partial charge in [-0.2, -0.15) is 0 Å². The molecule has 0 saturated carbocycles. The fourth-order valence-corrected chi connectivity index (χ4v) is 3.06. The minimum absolute atomic E-state index is 0.0713. The Morgan fingerprint density at radius 3 is 2.53 bits per heavy atom. The predicted octanol–water partition coefficient (Wildman–Crippen LogP) is 2.39. The zero-order valence-corrected chi connectivity index (χ0v) is 12.0. The van der Waals surface area contributed by atoms with Gasteiger partial charge < -0.3 is 10.5 Å². The summed E-state index contributed by atoms with van der Waals surface area (Å²) in [7, 11) is 0. The van der Waals surface area contributed by atoms with Crippen LogP contribution in [0.25, 0.3) is 0 Å². The largest absolute Gasteiger partial charge is 0.376 e. The molecule has 2 N–H and O–H groups in total. The average Bonchev–Trinajstić information content (AvgIpc) is 2.66. The molecule has 17 heavy (non-hydrogen) atoms. The Morgan fingerprint density at radius 1 is 1.41 bits per heavy atom. The molecule has 0 amide bonds. The van der Waals surface area contributed by atoms with Crippen molar-refractivity contribution in [2.45, 2.75) is 71.1 Å². The molecule has 3 nitrogen and oxygen atoms in total. The van der Waals surface area contributed by atoms with Gasteiger partial charge in [0.2, 0.25) is 0 Å². The Morgan fingerprint density at radius 2 is 2.12 bits per heavy atom. The molecule has 0 spiro atoms. The van der Waals surface area contributed by atoms with Crippen molar-refractivity contribution in [2.24, 2.45) is 5.73 Å². The van der Waals surface area contributed by atoms with Gasteiger partial charge in [-0.05, 0) is 40.2 Å². The van der Waals surface area contributed by atoms with Gasteiger partial charge in [0, 0.05) is 19.2 Å². The standard InChI is InChI=1S/C14H30N2O/c1-5-6-7-9-16(12(2)3)14(11-15)8-10-17-13(14)4/h12-13H,5-11,15H2,1-4H3. The van der Waals surface area contributed by atoms with E-state index in [1.54, 1.807) is 0 Å². The molecule has 1 heterocycles. The molecule has 2 unspecified atom stereocenters. The van der Waals surface area contributed by atoms with Crippen LogP contribution >= 0.6 is 0 Å². The van der Waals surface area contributed by atoms with Crippen molar-refractivity contribution >= 4 is 0 Å². The van der Waals surface area contributed by atoms with Crippen LogP contribution in [0.1, 0.15) is 53.4 Å². The molecule has 102 valence electrons. The second-order valence-corrected chi connectivity index (χ2v) is 5.56. The molecule has 0 aromatic rings. The first-order valence-electron chi connectivity index (χ1n) is 7.17. The Labute approximate surface area is 107 Å². The molecule has 0 radical (unpaired) electrons. The maximum absolute atomic E-state index is 6.08. The third kappa shape index (κ3) is 3.21. The number of nitrogens with two attached hydrogens (primary N) is 1. The summed E-state index contributed by atoms with van der Waals surface area (Å²) in [6.45, 7) is 11.7. The van der Waals surface area contributed by atoms with E-state index in [0.717, 1.165) is 19.6 Å².